The zero-order valence-corrected chi connectivity index (χ0v) is 17.2. The fourth-order valence-electron chi connectivity index (χ4n) is 3.13. The summed E-state index contributed by atoms with van der Waals surface area (Å²) < 4.78 is 31.8. The zero-order chi connectivity index (χ0) is 19.7. The molecule has 0 spiro atoms. The van der Waals surface area contributed by atoms with Crippen LogP contribution in [-0.4, -0.2) is 77.0 Å². The molecule has 0 unspecified atom stereocenters. The molecule has 3 N–H and O–H groups in total. The highest BCUT2D eigenvalue weighted by Crippen LogP contribution is 2.25. The van der Waals surface area contributed by atoms with Gasteiger partial charge in [0.25, 0.3) is 0 Å². The lowest BCUT2D eigenvalue weighted by molar-refractivity contribution is 0.0963. The van der Waals surface area contributed by atoms with E-state index in [-0.39, 0.29) is 17.9 Å². The number of carbonyl (C=O) groups excluding carboxylic acids is 1. The first kappa shape index (κ1) is 21.7. The third-order valence-corrected chi connectivity index (χ3v) is 6.41. The van der Waals surface area contributed by atoms with E-state index in [1.165, 1.54) is 6.42 Å². The van der Waals surface area contributed by atoms with E-state index in [1.807, 2.05) is 0 Å². The second-order valence-electron chi connectivity index (χ2n) is 7.07. The van der Waals surface area contributed by atoms with Gasteiger partial charge in [-0.1, -0.05) is 6.42 Å². The number of carbonyl (C=O) groups is 1. The minimum absolute atomic E-state index is 0.0156. The first-order chi connectivity index (χ1) is 12.9. The molecule has 0 radical (unpaired) electrons. The second kappa shape index (κ2) is 10.7. The van der Waals surface area contributed by atoms with E-state index in [4.69, 9.17) is 4.74 Å². The molecule has 2 rings (SSSR count). The van der Waals surface area contributed by atoms with Gasteiger partial charge in [0.15, 0.2) is 5.96 Å². The largest absolute Gasteiger partial charge is 0.450 e. The Bertz CT molecular complexity index is 598. The average Bonchev–Trinajstić information content (AvgIpc) is 2.60. The Hall–Kier alpha value is -1.55. The molecule has 1 saturated heterocycles. The van der Waals surface area contributed by atoms with Gasteiger partial charge in [-0.05, 0) is 38.5 Å². The van der Waals surface area contributed by atoms with Crippen LogP contribution in [-0.2, 0) is 14.8 Å². The van der Waals surface area contributed by atoms with Gasteiger partial charge in [0.1, 0.15) is 0 Å². The average molecular weight is 404 g/mol. The molecule has 1 saturated carbocycles. The Morgan fingerprint density at radius 2 is 1.93 bits per heavy atom. The number of hydrogen-bond acceptors (Lipinski definition) is 5. The summed E-state index contributed by atoms with van der Waals surface area (Å²) >= 11 is 0. The molecule has 1 heterocycles. The first-order valence-electron chi connectivity index (χ1n) is 9.79. The summed E-state index contributed by atoms with van der Waals surface area (Å²) in [6.45, 7) is 4.28. The predicted molar refractivity (Wildman–Crippen MR) is 105 cm³/mol. The highest BCUT2D eigenvalue weighted by Gasteiger charge is 2.24. The summed E-state index contributed by atoms with van der Waals surface area (Å²) in [7, 11) is -1.61. The summed E-state index contributed by atoms with van der Waals surface area (Å²) in [5, 5.41) is 6.35. The summed E-state index contributed by atoms with van der Waals surface area (Å²) in [4.78, 5) is 17.6. The molecule has 156 valence electrons. The third kappa shape index (κ3) is 7.53. The number of sulfonamides is 1. The standard InChI is InChI=1S/C17H33N5O4S/c1-3-26-17(23)22-10-7-15(8-11-22)21-16(18-2)19-9-12-27(24,25)20-13-14-5-4-6-14/h14-15,20H,3-13H2,1-2H3,(H2,18,19,21). The molecule has 2 fully saturated rings. The molecule has 0 aromatic heterocycles. The number of nitrogens with zero attached hydrogens (tertiary/aromatic N) is 2. The van der Waals surface area contributed by atoms with Crippen molar-refractivity contribution in [3.63, 3.8) is 0 Å². The Morgan fingerprint density at radius 3 is 2.48 bits per heavy atom. The van der Waals surface area contributed by atoms with Crippen LogP contribution >= 0.6 is 0 Å². The quantitative estimate of drug-likeness (QED) is 0.402. The Labute approximate surface area is 162 Å². The van der Waals surface area contributed by atoms with Gasteiger partial charge in [-0.15, -0.1) is 0 Å². The van der Waals surface area contributed by atoms with Gasteiger partial charge in [0, 0.05) is 39.3 Å². The van der Waals surface area contributed by atoms with Gasteiger partial charge in [-0.25, -0.2) is 17.9 Å². The number of guanidine groups is 1. The normalized spacial score (nSPS) is 19.5. The van der Waals surface area contributed by atoms with Crippen LogP contribution in [0.25, 0.3) is 0 Å². The number of aliphatic imine (C=N–C) groups is 1. The molecule has 0 aromatic carbocycles. The Morgan fingerprint density at radius 1 is 1.22 bits per heavy atom. The van der Waals surface area contributed by atoms with Crippen LogP contribution in [0.1, 0.15) is 39.0 Å². The maximum Gasteiger partial charge on any atom is 0.409 e. The Balaban J connectivity index is 1.65. The molecular formula is C17H33N5O4S. The van der Waals surface area contributed by atoms with Gasteiger partial charge in [0.05, 0.1) is 12.4 Å². The number of hydrogen-bond donors (Lipinski definition) is 3. The third-order valence-electron chi connectivity index (χ3n) is 5.07. The molecule has 9 nitrogen and oxygen atoms in total. The summed E-state index contributed by atoms with van der Waals surface area (Å²) in [6, 6.07) is 0.190. The van der Waals surface area contributed by atoms with E-state index in [1.54, 1.807) is 18.9 Å². The van der Waals surface area contributed by atoms with Gasteiger partial charge < -0.3 is 20.3 Å². The van der Waals surface area contributed by atoms with Crippen molar-refractivity contribution < 1.29 is 17.9 Å². The van der Waals surface area contributed by atoms with Gasteiger partial charge in [0.2, 0.25) is 10.0 Å². The highest BCUT2D eigenvalue weighted by molar-refractivity contribution is 7.89. The molecule has 0 atom stereocenters. The first-order valence-corrected chi connectivity index (χ1v) is 11.4. The summed E-state index contributed by atoms with van der Waals surface area (Å²) in [5.74, 6) is 1.10. The van der Waals surface area contributed by atoms with Gasteiger partial charge in [-0.3, -0.25) is 4.99 Å². The van der Waals surface area contributed by atoms with Crippen molar-refractivity contribution >= 4 is 22.1 Å². The van der Waals surface area contributed by atoms with Crippen molar-refractivity contribution in [3.8, 4) is 0 Å². The number of piperidine rings is 1. The topological polar surface area (TPSA) is 112 Å². The smallest absolute Gasteiger partial charge is 0.409 e. The van der Waals surface area contributed by atoms with Crippen molar-refractivity contribution in [3.05, 3.63) is 0 Å². The second-order valence-corrected chi connectivity index (χ2v) is 8.99. The van der Waals surface area contributed by atoms with Crippen LogP contribution in [0.3, 0.4) is 0 Å². The van der Waals surface area contributed by atoms with Crippen molar-refractivity contribution in [2.24, 2.45) is 10.9 Å². The van der Waals surface area contributed by atoms with Crippen LogP contribution in [0.15, 0.2) is 4.99 Å². The van der Waals surface area contributed by atoms with Crippen molar-refractivity contribution in [2.75, 3.05) is 45.6 Å². The highest BCUT2D eigenvalue weighted by atomic mass is 32.2. The lowest BCUT2D eigenvalue weighted by Crippen LogP contribution is -2.50. The maximum absolute atomic E-state index is 12.0. The van der Waals surface area contributed by atoms with Crippen LogP contribution in [0.4, 0.5) is 4.79 Å². The van der Waals surface area contributed by atoms with Crippen molar-refractivity contribution in [1.29, 1.82) is 0 Å². The molecule has 1 amide bonds. The number of rotatable bonds is 8. The zero-order valence-electron chi connectivity index (χ0n) is 16.4. The fourth-order valence-corrected chi connectivity index (χ4v) is 4.13. The monoisotopic (exact) mass is 403 g/mol. The SMILES string of the molecule is CCOC(=O)N1CCC(NC(=NC)NCCS(=O)(=O)NCC2CCC2)CC1. The lowest BCUT2D eigenvalue weighted by Gasteiger charge is -2.32. The summed E-state index contributed by atoms with van der Waals surface area (Å²) in [6.07, 6.45) is 4.76. The van der Waals surface area contributed by atoms with Gasteiger partial charge >= 0.3 is 6.09 Å². The van der Waals surface area contributed by atoms with E-state index < -0.39 is 10.0 Å². The van der Waals surface area contributed by atoms with E-state index in [9.17, 15) is 13.2 Å². The maximum atomic E-state index is 12.0. The van der Waals surface area contributed by atoms with Crippen molar-refractivity contribution in [1.82, 2.24) is 20.3 Å². The van der Waals surface area contributed by atoms with E-state index in [0.29, 0.717) is 44.7 Å². The van der Waals surface area contributed by atoms with Crippen LogP contribution in [0.5, 0.6) is 0 Å². The van der Waals surface area contributed by atoms with Crippen LogP contribution in [0, 0.1) is 5.92 Å². The van der Waals surface area contributed by atoms with E-state index in [0.717, 1.165) is 25.7 Å². The van der Waals surface area contributed by atoms with E-state index >= 15 is 0 Å². The molecule has 1 aliphatic carbocycles. The van der Waals surface area contributed by atoms with Crippen molar-refractivity contribution in [2.45, 2.75) is 45.1 Å². The summed E-state index contributed by atoms with van der Waals surface area (Å²) in [5.41, 5.74) is 0. The van der Waals surface area contributed by atoms with Crippen LogP contribution in [0.2, 0.25) is 0 Å². The molecule has 0 bridgehead atoms. The number of ether oxygens (including phenoxy) is 1. The number of amides is 1. The minimum atomic E-state index is -3.27. The van der Waals surface area contributed by atoms with Gasteiger partial charge in [-0.2, -0.15) is 0 Å². The molecule has 2 aliphatic rings. The molecular weight excluding hydrogens is 370 g/mol. The van der Waals surface area contributed by atoms with Crippen LogP contribution < -0.4 is 15.4 Å². The lowest BCUT2D eigenvalue weighted by atomic mass is 9.86. The number of likely N-dealkylation sites (tertiary alicyclic amines) is 1. The predicted octanol–water partition coefficient (Wildman–Crippen LogP) is 0.492. The fraction of sp³-hybridized carbons (Fsp3) is 0.882. The molecule has 0 aromatic rings. The number of nitrogens with one attached hydrogen (secondary N) is 3. The Kier molecular flexibility index (Phi) is 8.62. The molecule has 1 aliphatic heterocycles. The molecule has 10 heteroatoms. The minimum Gasteiger partial charge on any atom is -0.450 e. The van der Waals surface area contributed by atoms with E-state index in [2.05, 4.69) is 20.3 Å². The molecule has 27 heavy (non-hydrogen) atoms.